The molecule has 0 saturated carbocycles. The zero-order chi connectivity index (χ0) is 15.9. The molecule has 0 fully saturated rings. The van der Waals surface area contributed by atoms with Crippen molar-refractivity contribution < 1.29 is 14.3 Å². The number of aromatic nitrogens is 3. The number of hydrogen-bond acceptors (Lipinski definition) is 6. The van der Waals surface area contributed by atoms with Crippen LogP contribution in [0.5, 0.6) is 0 Å². The van der Waals surface area contributed by atoms with Crippen molar-refractivity contribution in [1.82, 2.24) is 20.3 Å². The van der Waals surface area contributed by atoms with Gasteiger partial charge in [0.05, 0.1) is 13.3 Å². The molecule has 1 amide bonds. The first-order chi connectivity index (χ1) is 10.6. The van der Waals surface area contributed by atoms with Crippen LogP contribution in [0.15, 0.2) is 35.4 Å². The van der Waals surface area contributed by atoms with Gasteiger partial charge in [0.15, 0.2) is 0 Å². The predicted molar refractivity (Wildman–Crippen MR) is 82.3 cm³/mol. The molecular formula is C14H16N4O3S. The van der Waals surface area contributed by atoms with Gasteiger partial charge < -0.3 is 10.1 Å². The highest BCUT2D eigenvalue weighted by molar-refractivity contribution is 7.98. The van der Waals surface area contributed by atoms with Crippen LogP contribution in [0.25, 0.3) is 11.3 Å². The molecule has 7 nitrogen and oxygen atoms in total. The fourth-order valence-corrected chi connectivity index (χ4v) is 2.41. The monoisotopic (exact) mass is 320 g/mol. The van der Waals surface area contributed by atoms with Crippen molar-refractivity contribution in [3.8, 4) is 11.3 Å². The van der Waals surface area contributed by atoms with Gasteiger partial charge in [-0.15, -0.1) is 16.9 Å². The van der Waals surface area contributed by atoms with Crippen LogP contribution in [0.2, 0.25) is 0 Å². The number of rotatable bonds is 6. The SMILES string of the molecule is COC(=O)CNC(=O)Cn1cc(-c2ccccc2SC)nn1. The topological polar surface area (TPSA) is 86.1 Å². The van der Waals surface area contributed by atoms with Crippen LogP contribution in [-0.4, -0.2) is 46.8 Å². The molecule has 0 unspecified atom stereocenters. The van der Waals surface area contributed by atoms with Crippen molar-refractivity contribution in [1.29, 1.82) is 0 Å². The molecule has 2 rings (SSSR count). The maximum atomic E-state index is 11.7. The zero-order valence-electron chi connectivity index (χ0n) is 12.3. The molecule has 0 aliphatic rings. The molecule has 116 valence electrons. The van der Waals surface area contributed by atoms with E-state index in [-0.39, 0.29) is 19.0 Å². The van der Waals surface area contributed by atoms with E-state index in [0.29, 0.717) is 5.69 Å². The standard InChI is InChI=1S/C14H16N4O3S/c1-21-14(20)7-15-13(19)9-18-8-11(16-17-18)10-5-3-4-6-12(10)22-2/h3-6,8H,7,9H2,1-2H3,(H,15,19). The molecule has 0 bridgehead atoms. The Bertz CT molecular complexity index is 672. The van der Waals surface area contributed by atoms with Crippen molar-refractivity contribution in [2.75, 3.05) is 19.9 Å². The Morgan fingerprint density at radius 1 is 1.36 bits per heavy atom. The highest BCUT2D eigenvalue weighted by Gasteiger charge is 2.11. The average molecular weight is 320 g/mol. The van der Waals surface area contributed by atoms with Crippen molar-refractivity contribution in [2.24, 2.45) is 0 Å². The van der Waals surface area contributed by atoms with E-state index in [4.69, 9.17) is 0 Å². The van der Waals surface area contributed by atoms with Crippen molar-refractivity contribution in [3.05, 3.63) is 30.5 Å². The molecule has 1 aromatic heterocycles. The number of benzene rings is 1. The number of carbonyl (C=O) groups excluding carboxylic acids is 2. The van der Waals surface area contributed by atoms with Gasteiger partial charge in [-0.25, -0.2) is 4.68 Å². The van der Waals surface area contributed by atoms with Gasteiger partial charge >= 0.3 is 5.97 Å². The average Bonchev–Trinajstić information content (AvgIpc) is 3.00. The second-order valence-electron chi connectivity index (χ2n) is 4.35. The van der Waals surface area contributed by atoms with E-state index in [1.807, 2.05) is 30.5 Å². The third-order valence-corrected chi connectivity index (χ3v) is 3.68. The second-order valence-corrected chi connectivity index (χ2v) is 5.20. The van der Waals surface area contributed by atoms with E-state index in [0.717, 1.165) is 10.5 Å². The molecule has 1 aromatic carbocycles. The third kappa shape index (κ3) is 4.08. The zero-order valence-corrected chi connectivity index (χ0v) is 13.1. The fourth-order valence-electron chi connectivity index (χ4n) is 1.80. The van der Waals surface area contributed by atoms with E-state index >= 15 is 0 Å². The smallest absolute Gasteiger partial charge is 0.325 e. The molecule has 0 aliphatic heterocycles. The largest absolute Gasteiger partial charge is 0.468 e. The number of thioether (sulfide) groups is 1. The van der Waals surface area contributed by atoms with E-state index in [1.54, 1.807) is 18.0 Å². The number of ether oxygens (including phenoxy) is 1. The maximum absolute atomic E-state index is 11.7. The Hall–Kier alpha value is -2.35. The fraction of sp³-hybridized carbons (Fsp3) is 0.286. The molecule has 0 radical (unpaired) electrons. The van der Waals surface area contributed by atoms with Gasteiger partial charge in [0.2, 0.25) is 5.91 Å². The minimum atomic E-state index is -0.499. The molecule has 2 aromatic rings. The number of esters is 1. The highest BCUT2D eigenvalue weighted by atomic mass is 32.2. The van der Waals surface area contributed by atoms with Crippen LogP contribution in [0.4, 0.5) is 0 Å². The Kier molecular flexibility index (Phi) is 5.54. The normalized spacial score (nSPS) is 10.3. The minimum Gasteiger partial charge on any atom is -0.468 e. The summed E-state index contributed by atoms with van der Waals surface area (Å²) in [6.45, 7) is -0.169. The van der Waals surface area contributed by atoms with Crippen molar-refractivity contribution >= 4 is 23.6 Å². The quantitative estimate of drug-likeness (QED) is 0.630. The summed E-state index contributed by atoms with van der Waals surface area (Å²) < 4.78 is 5.88. The van der Waals surface area contributed by atoms with Crippen molar-refractivity contribution in [2.45, 2.75) is 11.4 Å². The van der Waals surface area contributed by atoms with Gasteiger partial charge in [0.1, 0.15) is 18.8 Å². The third-order valence-electron chi connectivity index (χ3n) is 2.88. The van der Waals surface area contributed by atoms with E-state index in [2.05, 4.69) is 20.4 Å². The first kappa shape index (κ1) is 16.0. The first-order valence-corrected chi connectivity index (χ1v) is 7.73. The van der Waals surface area contributed by atoms with Crippen LogP contribution in [-0.2, 0) is 20.9 Å². The molecule has 1 heterocycles. The van der Waals surface area contributed by atoms with E-state index < -0.39 is 5.97 Å². The van der Waals surface area contributed by atoms with Gasteiger partial charge in [0.25, 0.3) is 0 Å². The Morgan fingerprint density at radius 3 is 2.86 bits per heavy atom. The summed E-state index contributed by atoms with van der Waals surface area (Å²) in [7, 11) is 1.27. The van der Waals surface area contributed by atoms with Gasteiger partial charge in [0, 0.05) is 10.5 Å². The molecule has 8 heteroatoms. The Labute approximate surface area is 132 Å². The predicted octanol–water partition coefficient (Wildman–Crippen LogP) is 0.956. The summed E-state index contributed by atoms with van der Waals surface area (Å²) in [5, 5.41) is 10.5. The number of carbonyl (C=O) groups is 2. The lowest BCUT2D eigenvalue weighted by molar-refractivity contribution is -0.141. The summed E-state index contributed by atoms with van der Waals surface area (Å²) in [5.74, 6) is -0.832. The second kappa shape index (κ2) is 7.60. The number of hydrogen-bond donors (Lipinski definition) is 1. The van der Waals surface area contributed by atoms with Crippen LogP contribution in [0, 0.1) is 0 Å². The van der Waals surface area contributed by atoms with Gasteiger partial charge in [-0.1, -0.05) is 23.4 Å². The molecule has 0 aliphatic carbocycles. The summed E-state index contributed by atoms with van der Waals surface area (Å²) in [6, 6.07) is 7.84. The van der Waals surface area contributed by atoms with Gasteiger partial charge in [-0.3, -0.25) is 9.59 Å². The van der Waals surface area contributed by atoms with Gasteiger partial charge in [-0.2, -0.15) is 0 Å². The van der Waals surface area contributed by atoms with Gasteiger partial charge in [-0.05, 0) is 12.3 Å². The van der Waals surface area contributed by atoms with Crippen LogP contribution in [0.1, 0.15) is 0 Å². The Balaban J connectivity index is 2.02. The van der Waals surface area contributed by atoms with Crippen molar-refractivity contribution in [3.63, 3.8) is 0 Å². The van der Waals surface area contributed by atoms with E-state index in [9.17, 15) is 9.59 Å². The molecule has 0 atom stereocenters. The summed E-state index contributed by atoms with van der Waals surface area (Å²) in [6.07, 6.45) is 3.69. The lowest BCUT2D eigenvalue weighted by atomic mass is 10.2. The van der Waals surface area contributed by atoms with Crippen LogP contribution in [0.3, 0.4) is 0 Å². The number of methoxy groups -OCH3 is 1. The molecule has 22 heavy (non-hydrogen) atoms. The molecule has 1 N–H and O–H groups in total. The minimum absolute atomic E-state index is 0.00850. The molecular weight excluding hydrogens is 304 g/mol. The van der Waals surface area contributed by atoms with Crippen LogP contribution >= 0.6 is 11.8 Å². The number of amides is 1. The van der Waals surface area contributed by atoms with E-state index in [1.165, 1.54) is 11.8 Å². The first-order valence-electron chi connectivity index (χ1n) is 6.51. The Morgan fingerprint density at radius 2 is 2.14 bits per heavy atom. The summed E-state index contributed by atoms with van der Waals surface area (Å²) in [4.78, 5) is 23.7. The molecule has 0 saturated heterocycles. The lowest BCUT2D eigenvalue weighted by Crippen LogP contribution is -2.32. The maximum Gasteiger partial charge on any atom is 0.325 e. The highest BCUT2D eigenvalue weighted by Crippen LogP contribution is 2.28. The number of nitrogens with one attached hydrogen (secondary N) is 1. The summed E-state index contributed by atoms with van der Waals surface area (Å²) >= 11 is 1.62. The summed E-state index contributed by atoms with van der Waals surface area (Å²) in [5.41, 5.74) is 1.67. The lowest BCUT2D eigenvalue weighted by Gasteiger charge is -2.03. The molecule has 0 spiro atoms. The number of nitrogens with zero attached hydrogens (tertiary/aromatic N) is 3. The van der Waals surface area contributed by atoms with Crippen LogP contribution < -0.4 is 5.32 Å².